The van der Waals surface area contributed by atoms with E-state index in [1.54, 1.807) is 19.2 Å². The summed E-state index contributed by atoms with van der Waals surface area (Å²) < 4.78 is 5.73. The quantitative estimate of drug-likeness (QED) is 0.771. The minimum absolute atomic E-state index is 0.103. The third kappa shape index (κ3) is 5.72. The Labute approximate surface area is 166 Å². The van der Waals surface area contributed by atoms with E-state index in [0.29, 0.717) is 16.5 Å². The summed E-state index contributed by atoms with van der Waals surface area (Å²) in [5.74, 6) is 1.19. The molecule has 1 aliphatic heterocycles. The van der Waals surface area contributed by atoms with Crippen LogP contribution >= 0.6 is 23.5 Å². The van der Waals surface area contributed by atoms with E-state index in [-0.39, 0.29) is 18.6 Å². The lowest BCUT2D eigenvalue weighted by Gasteiger charge is -2.15. The van der Waals surface area contributed by atoms with E-state index in [1.807, 2.05) is 31.2 Å². The van der Waals surface area contributed by atoms with Crippen LogP contribution in [-0.2, 0) is 0 Å². The van der Waals surface area contributed by atoms with Gasteiger partial charge in [0, 0.05) is 33.0 Å². The van der Waals surface area contributed by atoms with Crippen LogP contribution in [0.2, 0.25) is 0 Å². The second-order valence-electron chi connectivity index (χ2n) is 6.03. The number of carbonyl (C=O) groups is 1. The lowest BCUT2D eigenvalue weighted by atomic mass is 10.2. The normalized spacial score (nSPS) is 14.6. The molecule has 8 heteroatoms. The monoisotopic (exact) mass is 403 g/mol. The third-order valence-corrected chi connectivity index (χ3v) is 5.50. The number of pyridine rings is 1. The van der Waals surface area contributed by atoms with E-state index in [1.165, 1.54) is 23.5 Å². The van der Waals surface area contributed by atoms with Gasteiger partial charge >= 0.3 is 0 Å². The van der Waals surface area contributed by atoms with Crippen LogP contribution in [-0.4, -0.2) is 46.2 Å². The molecule has 0 unspecified atom stereocenters. The molecule has 3 rings (SSSR count). The third-order valence-electron chi connectivity index (χ3n) is 3.66. The molecular weight excluding hydrogens is 382 g/mol. The molecule has 2 N–H and O–H groups in total. The van der Waals surface area contributed by atoms with Crippen LogP contribution < -0.4 is 10.1 Å². The molecular formula is C19H21N3O3S2. The zero-order valence-electron chi connectivity index (χ0n) is 15.1. The van der Waals surface area contributed by atoms with Crippen molar-refractivity contribution in [3.8, 4) is 5.75 Å². The van der Waals surface area contributed by atoms with Crippen molar-refractivity contribution >= 4 is 34.6 Å². The van der Waals surface area contributed by atoms with Crippen LogP contribution in [0.5, 0.6) is 5.75 Å². The number of aryl methyl sites for hydroxylation is 1. The predicted octanol–water partition coefficient (Wildman–Crippen LogP) is 3.13. The number of hydrogen-bond acceptors (Lipinski definition) is 7. The molecule has 0 aliphatic carbocycles. The van der Waals surface area contributed by atoms with Gasteiger partial charge in [0.2, 0.25) is 0 Å². The number of aromatic nitrogens is 1. The van der Waals surface area contributed by atoms with Crippen molar-refractivity contribution in [2.24, 2.45) is 4.99 Å². The number of hydrogen-bond donors (Lipinski definition) is 2. The van der Waals surface area contributed by atoms with Crippen molar-refractivity contribution in [2.45, 2.75) is 29.7 Å². The zero-order chi connectivity index (χ0) is 19.2. The second-order valence-corrected chi connectivity index (χ2v) is 8.26. The molecule has 0 radical (unpaired) electrons. The molecule has 1 amide bonds. The van der Waals surface area contributed by atoms with E-state index in [0.717, 1.165) is 27.8 Å². The van der Waals surface area contributed by atoms with Gasteiger partial charge in [-0.3, -0.25) is 14.8 Å². The molecule has 6 nitrogen and oxygen atoms in total. The molecule has 1 aromatic carbocycles. The highest BCUT2D eigenvalue weighted by Gasteiger charge is 2.16. The molecule has 2 heterocycles. The van der Waals surface area contributed by atoms with Gasteiger partial charge in [0.05, 0.1) is 13.2 Å². The topological polar surface area (TPSA) is 83.8 Å². The molecule has 142 valence electrons. The fourth-order valence-corrected chi connectivity index (χ4v) is 3.93. The Morgan fingerprint density at radius 3 is 2.89 bits per heavy atom. The fraction of sp³-hybridized carbons (Fsp3) is 0.316. The van der Waals surface area contributed by atoms with Gasteiger partial charge in [-0.25, -0.2) is 0 Å². The Morgan fingerprint density at radius 2 is 2.22 bits per heavy atom. The Balaban J connectivity index is 1.85. The number of carbonyl (C=O) groups excluding carboxylic acids is 1. The molecule has 0 fully saturated rings. The number of aliphatic hydroxyl groups excluding tert-OH is 1. The zero-order valence-corrected chi connectivity index (χ0v) is 16.8. The number of nitrogens with zero attached hydrogens (tertiary/aromatic N) is 2. The summed E-state index contributed by atoms with van der Waals surface area (Å²) in [5, 5.41) is 12.7. The summed E-state index contributed by atoms with van der Waals surface area (Å²) in [7, 11) is 0. The van der Waals surface area contributed by atoms with Crippen LogP contribution in [0.1, 0.15) is 23.0 Å². The second kappa shape index (κ2) is 9.25. The van der Waals surface area contributed by atoms with Gasteiger partial charge in [-0.15, -0.1) is 0 Å². The number of thioether (sulfide) groups is 1. The first-order chi connectivity index (χ1) is 13.0. The lowest BCUT2D eigenvalue weighted by Crippen LogP contribution is -2.27. The lowest BCUT2D eigenvalue weighted by molar-refractivity contribution is 0.0976. The smallest absolute Gasteiger partial charge is 0.257 e. The predicted molar refractivity (Wildman–Crippen MR) is 109 cm³/mol. The molecule has 1 aliphatic rings. The first-order valence-corrected chi connectivity index (χ1v) is 10.4. The highest BCUT2D eigenvalue weighted by molar-refractivity contribution is 8.14. The Bertz CT molecular complexity index is 841. The maximum absolute atomic E-state index is 12.6. The number of nitrogens with one attached hydrogen (secondary N) is 1. The van der Waals surface area contributed by atoms with Crippen LogP contribution in [0.15, 0.2) is 51.3 Å². The fourth-order valence-electron chi connectivity index (χ4n) is 2.33. The van der Waals surface area contributed by atoms with E-state index < -0.39 is 0 Å². The molecule has 1 atom stereocenters. The summed E-state index contributed by atoms with van der Waals surface area (Å²) in [4.78, 5) is 23.0. The number of amides is 1. The summed E-state index contributed by atoms with van der Waals surface area (Å²) in [6.07, 6.45) is 1.44. The Kier molecular flexibility index (Phi) is 6.76. The number of rotatable bonds is 6. The summed E-state index contributed by atoms with van der Waals surface area (Å²) >= 11 is 3.03. The minimum Gasteiger partial charge on any atom is -0.488 e. The van der Waals surface area contributed by atoms with Gasteiger partial charge in [0.15, 0.2) is 5.17 Å². The van der Waals surface area contributed by atoms with Crippen molar-refractivity contribution in [1.82, 2.24) is 10.3 Å². The van der Waals surface area contributed by atoms with Crippen molar-refractivity contribution in [1.29, 1.82) is 0 Å². The van der Waals surface area contributed by atoms with Crippen molar-refractivity contribution < 1.29 is 14.6 Å². The maximum Gasteiger partial charge on any atom is 0.257 e. The van der Waals surface area contributed by atoms with Crippen LogP contribution in [0, 0.1) is 6.92 Å². The van der Waals surface area contributed by atoms with Crippen LogP contribution in [0.4, 0.5) is 0 Å². The van der Waals surface area contributed by atoms with Crippen molar-refractivity contribution in [3.05, 3.63) is 47.8 Å². The van der Waals surface area contributed by atoms with Crippen molar-refractivity contribution in [3.63, 3.8) is 0 Å². The van der Waals surface area contributed by atoms with E-state index in [2.05, 4.69) is 15.3 Å². The van der Waals surface area contributed by atoms with Gasteiger partial charge < -0.3 is 15.2 Å². The van der Waals surface area contributed by atoms with Gasteiger partial charge in [0.25, 0.3) is 5.91 Å². The van der Waals surface area contributed by atoms with Gasteiger partial charge in [-0.2, -0.15) is 0 Å². The first kappa shape index (κ1) is 19.7. The summed E-state index contributed by atoms with van der Waals surface area (Å²) in [6, 6.07) is 9.28. The first-order valence-electron chi connectivity index (χ1n) is 8.55. The number of benzene rings is 1. The molecule has 27 heavy (non-hydrogen) atoms. The average Bonchev–Trinajstić information content (AvgIpc) is 3.16. The molecule has 0 saturated heterocycles. The van der Waals surface area contributed by atoms with Crippen LogP contribution in [0.25, 0.3) is 0 Å². The Morgan fingerprint density at radius 1 is 1.37 bits per heavy atom. The van der Waals surface area contributed by atoms with E-state index >= 15 is 0 Å². The van der Waals surface area contributed by atoms with Crippen molar-refractivity contribution in [2.75, 3.05) is 18.9 Å². The number of ether oxygens (including phenoxy) is 1. The molecule has 1 aromatic heterocycles. The number of aliphatic imine (C=N–C) groups is 1. The average molecular weight is 404 g/mol. The van der Waals surface area contributed by atoms with Gasteiger partial charge in [0.1, 0.15) is 11.9 Å². The Hall–Kier alpha value is -2.03. The molecule has 2 aromatic rings. The molecule has 0 spiro atoms. The highest BCUT2D eigenvalue weighted by Crippen LogP contribution is 2.31. The summed E-state index contributed by atoms with van der Waals surface area (Å²) in [5.41, 5.74) is 1.43. The SMILES string of the molecule is Cc1ccc(Sc2cc(O[C@@H](C)CO)cc(C(=O)NC3=NCCS3)c2)cn1. The highest BCUT2D eigenvalue weighted by atomic mass is 32.2. The maximum atomic E-state index is 12.6. The largest absolute Gasteiger partial charge is 0.488 e. The number of amidine groups is 1. The standard InChI is InChI=1S/C19H21N3O3S2/c1-12-3-4-16(10-21-12)27-17-8-14(7-15(9-17)25-13(2)11-23)18(24)22-19-20-5-6-26-19/h3-4,7-10,13,23H,5-6,11H2,1-2H3,(H,20,22,24)/t13-/m0/s1. The minimum atomic E-state index is -0.364. The van der Waals surface area contributed by atoms with E-state index in [9.17, 15) is 9.90 Å². The number of aliphatic hydroxyl groups is 1. The van der Waals surface area contributed by atoms with Gasteiger partial charge in [-0.05, 0) is 44.2 Å². The summed E-state index contributed by atoms with van der Waals surface area (Å²) in [6.45, 7) is 4.33. The van der Waals surface area contributed by atoms with Crippen LogP contribution in [0.3, 0.4) is 0 Å². The van der Waals surface area contributed by atoms with Gasteiger partial charge in [-0.1, -0.05) is 23.5 Å². The van der Waals surface area contributed by atoms with E-state index in [4.69, 9.17) is 4.74 Å². The molecule has 0 bridgehead atoms. The molecule has 0 saturated carbocycles.